The molecule has 0 fully saturated rings. The van der Waals surface area contributed by atoms with Crippen molar-refractivity contribution >= 4 is 17.6 Å². The van der Waals surface area contributed by atoms with E-state index in [4.69, 9.17) is 9.47 Å². The van der Waals surface area contributed by atoms with E-state index in [2.05, 4.69) is 5.32 Å². The lowest BCUT2D eigenvalue weighted by atomic mass is 10.2. The maximum Gasteiger partial charge on any atom is 0.338 e. The smallest absolute Gasteiger partial charge is 0.338 e. The average molecular weight is 331 g/mol. The Balaban J connectivity index is 1.93. The maximum atomic E-state index is 12.8. The third-order valence-corrected chi connectivity index (χ3v) is 3.16. The van der Waals surface area contributed by atoms with E-state index >= 15 is 0 Å². The number of halogens is 1. The average Bonchev–Trinajstić information content (AvgIpc) is 2.57. The van der Waals surface area contributed by atoms with E-state index in [0.29, 0.717) is 23.6 Å². The summed E-state index contributed by atoms with van der Waals surface area (Å²) in [5, 5.41) is 2.63. The van der Waals surface area contributed by atoms with Crippen LogP contribution in [-0.2, 0) is 9.53 Å². The summed E-state index contributed by atoms with van der Waals surface area (Å²) in [7, 11) is 0. The second kappa shape index (κ2) is 8.10. The number of benzene rings is 2. The highest BCUT2D eigenvalue weighted by atomic mass is 19.1. The van der Waals surface area contributed by atoms with E-state index < -0.39 is 12.1 Å². The lowest BCUT2D eigenvalue weighted by molar-refractivity contribution is -0.122. The molecule has 5 nitrogen and oxygen atoms in total. The summed E-state index contributed by atoms with van der Waals surface area (Å²) in [5.41, 5.74) is 0.891. The molecule has 0 radical (unpaired) electrons. The lowest BCUT2D eigenvalue weighted by Crippen LogP contribution is -2.30. The first-order valence-electron chi connectivity index (χ1n) is 7.50. The molecule has 126 valence electrons. The molecule has 1 N–H and O–H groups in total. The van der Waals surface area contributed by atoms with Crippen LogP contribution in [0.5, 0.6) is 5.75 Å². The molecule has 0 spiro atoms. The van der Waals surface area contributed by atoms with Crippen LogP contribution >= 0.6 is 0 Å². The van der Waals surface area contributed by atoms with Gasteiger partial charge in [-0.05, 0) is 62.4 Å². The van der Waals surface area contributed by atoms with Gasteiger partial charge in [-0.2, -0.15) is 0 Å². The Kier molecular flexibility index (Phi) is 5.89. The summed E-state index contributed by atoms with van der Waals surface area (Å²) in [6.45, 7) is 3.63. The molecule has 0 saturated carbocycles. The van der Waals surface area contributed by atoms with Crippen molar-refractivity contribution in [2.75, 3.05) is 11.9 Å². The molecule has 0 aliphatic carbocycles. The minimum atomic E-state index is -0.761. The summed E-state index contributed by atoms with van der Waals surface area (Å²) in [6, 6.07) is 11.8. The monoisotopic (exact) mass is 331 g/mol. The minimum Gasteiger partial charge on any atom is -0.481 e. The molecule has 0 aliphatic rings. The van der Waals surface area contributed by atoms with E-state index in [0.717, 1.165) is 0 Å². The number of amides is 1. The maximum absolute atomic E-state index is 12.8. The van der Waals surface area contributed by atoms with Crippen molar-refractivity contribution in [3.8, 4) is 5.75 Å². The molecule has 0 bridgehead atoms. The third kappa shape index (κ3) is 4.81. The van der Waals surface area contributed by atoms with Crippen molar-refractivity contribution < 1.29 is 23.5 Å². The Labute approximate surface area is 139 Å². The van der Waals surface area contributed by atoms with Crippen LogP contribution < -0.4 is 10.1 Å². The molecule has 24 heavy (non-hydrogen) atoms. The van der Waals surface area contributed by atoms with Gasteiger partial charge in [-0.3, -0.25) is 4.79 Å². The molecular formula is C18H18FNO4. The van der Waals surface area contributed by atoms with Crippen molar-refractivity contribution in [2.24, 2.45) is 0 Å². The second-order valence-corrected chi connectivity index (χ2v) is 5.00. The predicted molar refractivity (Wildman–Crippen MR) is 87.5 cm³/mol. The highest BCUT2D eigenvalue weighted by Gasteiger charge is 2.15. The zero-order valence-electron chi connectivity index (χ0n) is 13.4. The Morgan fingerprint density at radius 1 is 1.08 bits per heavy atom. The molecule has 0 heterocycles. The van der Waals surface area contributed by atoms with Crippen molar-refractivity contribution in [3.63, 3.8) is 0 Å². The molecule has 0 aromatic heterocycles. The molecule has 6 heteroatoms. The number of nitrogens with one attached hydrogen (secondary N) is 1. The van der Waals surface area contributed by atoms with Crippen LogP contribution in [0, 0.1) is 5.82 Å². The van der Waals surface area contributed by atoms with Crippen LogP contribution in [0.3, 0.4) is 0 Å². The molecule has 2 aromatic rings. The van der Waals surface area contributed by atoms with Crippen molar-refractivity contribution in [2.45, 2.75) is 20.0 Å². The number of hydrogen-bond donors (Lipinski definition) is 1. The molecule has 2 aromatic carbocycles. The molecule has 1 amide bonds. The van der Waals surface area contributed by atoms with Crippen molar-refractivity contribution in [1.82, 2.24) is 0 Å². The highest BCUT2D eigenvalue weighted by molar-refractivity contribution is 5.94. The van der Waals surface area contributed by atoms with E-state index in [-0.39, 0.29) is 11.7 Å². The molecular weight excluding hydrogens is 313 g/mol. The van der Waals surface area contributed by atoms with Crippen molar-refractivity contribution in [3.05, 3.63) is 59.9 Å². The van der Waals surface area contributed by atoms with Gasteiger partial charge in [-0.25, -0.2) is 9.18 Å². The summed E-state index contributed by atoms with van der Waals surface area (Å²) in [4.78, 5) is 23.6. The van der Waals surface area contributed by atoms with Gasteiger partial charge in [0.2, 0.25) is 0 Å². The fourth-order valence-corrected chi connectivity index (χ4v) is 1.92. The number of hydrogen-bond acceptors (Lipinski definition) is 4. The van der Waals surface area contributed by atoms with Crippen LogP contribution in [0.2, 0.25) is 0 Å². The van der Waals surface area contributed by atoms with Gasteiger partial charge in [0, 0.05) is 5.69 Å². The normalized spacial score (nSPS) is 11.5. The second-order valence-electron chi connectivity index (χ2n) is 5.00. The third-order valence-electron chi connectivity index (χ3n) is 3.16. The first-order chi connectivity index (χ1) is 11.5. The van der Waals surface area contributed by atoms with Crippen LogP contribution in [0.1, 0.15) is 24.2 Å². The van der Waals surface area contributed by atoms with E-state index in [1.807, 2.05) is 0 Å². The van der Waals surface area contributed by atoms with Gasteiger partial charge in [-0.15, -0.1) is 0 Å². The van der Waals surface area contributed by atoms with Crippen LogP contribution in [0.15, 0.2) is 48.5 Å². The molecule has 2 rings (SSSR count). The van der Waals surface area contributed by atoms with Gasteiger partial charge >= 0.3 is 5.97 Å². The Hall–Kier alpha value is -2.89. The lowest BCUT2D eigenvalue weighted by Gasteiger charge is -2.15. The highest BCUT2D eigenvalue weighted by Crippen LogP contribution is 2.16. The van der Waals surface area contributed by atoms with Crippen LogP contribution in [0.4, 0.5) is 10.1 Å². The van der Waals surface area contributed by atoms with Gasteiger partial charge in [-0.1, -0.05) is 0 Å². The number of carbonyl (C=O) groups excluding carboxylic acids is 2. The van der Waals surface area contributed by atoms with Crippen LogP contribution in [-0.4, -0.2) is 24.6 Å². The summed E-state index contributed by atoms with van der Waals surface area (Å²) in [5.74, 6) is -0.703. The van der Waals surface area contributed by atoms with Crippen molar-refractivity contribution in [1.29, 1.82) is 0 Å². The summed E-state index contributed by atoms with van der Waals surface area (Å²) in [6.07, 6.45) is -0.761. The minimum absolute atomic E-state index is 0.303. The summed E-state index contributed by atoms with van der Waals surface area (Å²) >= 11 is 0. The van der Waals surface area contributed by atoms with E-state index in [9.17, 15) is 14.0 Å². The van der Waals surface area contributed by atoms with Gasteiger partial charge in [0.1, 0.15) is 11.6 Å². The SMILES string of the molecule is CCOC(=O)c1ccc(O[C@H](C)C(=O)Nc2ccc(F)cc2)cc1. The van der Waals surface area contributed by atoms with Gasteiger partial charge in [0.25, 0.3) is 5.91 Å². The predicted octanol–water partition coefficient (Wildman–Crippen LogP) is 3.41. The van der Waals surface area contributed by atoms with Gasteiger partial charge in [0.05, 0.1) is 12.2 Å². The Morgan fingerprint density at radius 3 is 2.29 bits per heavy atom. The fourth-order valence-electron chi connectivity index (χ4n) is 1.92. The van der Waals surface area contributed by atoms with Gasteiger partial charge in [0.15, 0.2) is 6.10 Å². The molecule has 1 atom stereocenters. The fraction of sp³-hybridized carbons (Fsp3) is 0.222. The standard InChI is InChI=1S/C18H18FNO4/c1-3-23-18(22)13-4-10-16(11-5-13)24-12(2)17(21)20-15-8-6-14(19)7-9-15/h4-12H,3H2,1-2H3,(H,20,21)/t12-/m1/s1. The summed E-state index contributed by atoms with van der Waals surface area (Å²) < 4.78 is 23.3. The number of ether oxygens (including phenoxy) is 2. The topological polar surface area (TPSA) is 64.6 Å². The first kappa shape index (κ1) is 17.5. The zero-order valence-corrected chi connectivity index (χ0v) is 13.4. The Morgan fingerprint density at radius 2 is 1.71 bits per heavy atom. The Bertz CT molecular complexity index is 698. The first-order valence-corrected chi connectivity index (χ1v) is 7.50. The number of rotatable bonds is 6. The van der Waals surface area contributed by atoms with Crippen LogP contribution in [0.25, 0.3) is 0 Å². The quantitative estimate of drug-likeness (QED) is 0.824. The zero-order chi connectivity index (χ0) is 17.5. The van der Waals surface area contributed by atoms with E-state index in [1.165, 1.54) is 24.3 Å². The number of carbonyl (C=O) groups is 2. The largest absolute Gasteiger partial charge is 0.481 e. The molecule has 0 saturated heterocycles. The molecule has 0 unspecified atom stereocenters. The van der Waals surface area contributed by atoms with E-state index in [1.54, 1.807) is 38.1 Å². The number of anilines is 1. The van der Waals surface area contributed by atoms with Gasteiger partial charge < -0.3 is 14.8 Å². The number of esters is 1. The molecule has 0 aliphatic heterocycles.